The summed E-state index contributed by atoms with van der Waals surface area (Å²) in [6.45, 7) is 11.6. The molecule has 1 fully saturated rings. The zero-order chi connectivity index (χ0) is 12.7. The Morgan fingerprint density at radius 1 is 1.06 bits per heavy atom. The van der Waals surface area contributed by atoms with Crippen LogP contribution in [0.15, 0.2) is 0 Å². The summed E-state index contributed by atoms with van der Waals surface area (Å²) in [4.78, 5) is 25.3. The van der Waals surface area contributed by atoms with Crippen LogP contribution in [-0.4, -0.2) is 39.5 Å². The average Bonchev–Trinajstić information content (AvgIpc) is 2.28. The molecule has 1 saturated heterocycles. The van der Waals surface area contributed by atoms with Crippen molar-refractivity contribution < 1.29 is 9.59 Å². The molecule has 0 unspecified atom stereocenters. The highest BCUT2D eigenvalue weighted by molar-refractivity contribution is 6.01. The van der Waals surface area contributed by atoms with Gasteiger partial charge in [-0.2, -0.15) is 5.01 Å². The van der Waals surface area contributed by atoms with Crippen LogP contribution >= 0.6 is 0 Å². The first-order chi connectivity index (χ1) is 7.02. The number of hydrogen-bond donors (Lipinski definition) is 1. The van der Waals surface area contributed by atoms with Gasteiger partial charge in [-0.3, -0.25) is 4.79 Å². The number of urea groups is 1. The zero-order valence-electron chi connectivity index (χ0n) is 10.9. The second-order valence-electron chi connectivity index (χ2n) is 6.13. The van der Waals surface area contributed by atoms with E-state index < -0.39 is 0 Å². The molecular formula is C11H21N3O2. The number of nitrogens with zero attached hydrogens (tertiary/aromatic N) is 2. The fourth-order valence-electron chi connectivity index (χ4n) is 1.47. The lowest BCUT2D eigenvalue weighted by molar-refractivity contribution is -0.128. The van der Waals surface area contributed by atoms with Gasteiger partial charge in [0.2, 0.25) is 0 Å². The smallest absolute Gasteiger partial charge is 0.309 e. The van der Waals surface area contributed by atoms with Crippen molar-refractivity contribution >= 4 is 11.9 Å². The van der Waals surface area contributed by atoms with Gasteiger partial charge < -0.3 is 4.90 Å². The van der Waals surface area contributed by atoms with Crippen LogP contribution in [-0.2, 0) is 4.79 Å². The second kappa shape index (κ2) is 3.73. The molecule has 1 rings (SSSR count). The predicted octanol–water partition coefficient (Wildman–Crippen LogP) is 1.35. The molecule has 5 heteroatoms. The first-order valence-corrected chi connectivity index (χ1v) is 5.45. The maximum Gasteiger partial charge on any atom is 0.342 e. The molecule has 0 aromatic carbocycles. The van der Waals surface area contributed by atoms with Crippen molar-refractivity contribution in [2.45, 2.75) is 52.6 Å². The van der Waals surface area contributed by atoms with E-state index in [4.69, 9.17) is 0 Å². The molecule has 3 amide bonds. The van der Waals surface area contributed by atoms with Gasteiger partial charge >= 0.3 is 6.03 Å². The predicted molar refractivity (Wildman–Crippen MR) is 61.6 cm³/mol. The van der Waals surface area contributed by atoms with Crippen molar-refractivity contribution in [3.8, 4) is 0 Å². The fourth-order valence-corrected chi connectivity index (χ4v) is 1.47. The minimum absolute atomic E-state index is 0.144. The third kappa shape index (κ3) is 2.72. The van der Waals surface area contributed by atoms with E-state index in [1.54, 1.807) is 4.90 Å². The van der Waals surface area contributed by atoms with Crippen molar-refractivity contribution in [3.63, 3.8) is 0 Å². The summed E-state index contributed by atoms with van der Waals surface area (Å²) in [5.41, 5.74) is 2.27. The lowest BCUT2D eigenvalue weighted by Gasteiger charge is -2.32. The SMILES string of the molecule is CC(C)(C)NN1C(=O)CN(C(C)(C)C)C1=O. The number of hydrogen-bond acceptors (Lipinski definition) is 3. The van der Waals surface area contributed by atoms with Crippen LogP contribution in [0.25, 0.3) is 0 Å². The topological polar surface area (TPSA) is 52.7 Å². The van der Waals surface area contributed by atoms with Crippen LogP contribution in [0.4, 0.5) is 4.79 Å². The number of nitrogens with one attached hydrogen (secondary N) is 1. The Hall–Kier alpha value is -1.10. The summed E-state index contributed by atoms with van der Waals surface area (Å²) in [5, 5.41) is 1.12. The molecule has 1 heterocycles. The molecule has 0 saturated carbocycles. The van der Waals surface area contributed by atoms with E-state index in [1.807, 2.05) is 41.5 Å². The Kier molecular flexibility index (Phi) is 3.02. The van der Waals surface area contributed by atoms with Gasteiger partial charge in [0.05, 0.1) is 0 Å². The number of rotatable bonds is 1. The average molecular weight is 227 g/mol. The van der Waals surface area contributed by atoms with Crippen LogP contribution in [0.2, 0.25) is 0 Å². The van der Waals surface area contributed by atoms with Gasteiger partial charge in [-0.25, -0.2) is 10.2 Å². The molecule has 0 aromatic rings. The quantitative estimate of drug-likeness (QED) is 0.688. The summed E-state index contributed by atoms with van der Waals surface area (Å²) in [5.74, 6) is -0.199. The zero-order valence-corrected chi connectivity index (χ0v) is 10.9. The highest BCUT2D eigenvalue weighted by Gasteiger charge is 2.42. The monoisotopic (exact) mass is 227 g/mol. The maximum atomic E-state index is 12.0. The van der Waals surface area contributed by atoms with E-state index in [9.17, 15) is 9.59 Å². The molecule has 1 aliphatic heterocycles. The van der Waals surface area contributed by atoms with E-state index in [1.165, 1.54) is 0 Å². The van der Waals surface area contributed by atoms with Gasteiger partial charge in [-0.05, 0) is 41.5 Å². The number of carbonyl (C=O) groups is 2. The van der Waals surface area contributed by atoms with Crippen molar-refractivity contribution in [1.82, 2.24) is 15.3 Å². The molecule has 5 nitrogen and oxygen atoms in total. The van der Waals surface area contributed by atoms with Gasteiger partial charge in [-0.1, -0.05) is 0 Å². The van der Waals surface area contributed by atoms with Crippen molar-refractivity contribution in [2.75, 3.05) is 6.54 Å². The van der Waals surface area contributed by atoms with E-state index >= 15 is 0 Å². The van der Waals surface area contributed by atoms with Crippen LogP contribution in [0.1, 0.15) is 41.5 Å². The third-order valence-corrected chi connectivity index (χ3v) is 2.22. The summed E-state index contributed by atoms with van der Waals surface area (Å²) in [7, 11) is 0. The molecule has 0 spiro atoms. The highest BCUT2D eigenvalue weighted by atomic mass is 16.2. The molecule has 0 bridgehead atoms. The third-order valence-electron chi connectivity index (χ3n) is 2.22. The maximum absolute atomic E-state index is 12.0. The Morgan fingerprint density at radius 2 is 1.56 bits per heavy atom. The molecule has 92 valence electrons. The Labute approximate surface area is 96.7 Å². The van der Waals surface area contributed by atoms with Crippen LogP contribution < -0.4 is 5.43 Å². The Bertz CT molecular complexity index is 312. The summed E-state index contributed by atoms with van der Waals surface area (Å²) in [6.07, 6.45) is 0. The molecule has 0 aliphatic carbocycles. The molecule has 0 radical (unpaired) electrons. The van der Waals surface area contributed by atoms with E-state index in [-0.39, 0.29) is 29.6 Å². The first-order valence-electron chi connectivity index (χ1n) is 5.45. The van der Waals surface area contributed by atoms with Crippen LogP contribution in [0, 0.1) is 0 Å². The van der Waals surface area contributed by atoms with E-state index in [0.717, 1.165) is 5.01 Å². The van der Waals surface area contributed by atoms with Gasteiger partial charge in [-0.15, -0.1) is 0 Å². The van der Waals surface area contributed by atoms with Gasteiger partial charge in [0.15, 0.2) is 0 Å². The van der Waals surface area contributed by atoms with E-state index in [0.29, 0.717) is 0 Å². The molecule has 0 atom stereocenters. The van der Waals surface area contributed by atoms with E-state index in [2.05, 4.69) is 5.43 Å². The van der Waals surface area contributed by atoms with Gasteiger partial charge in [0, 0.05) is 11.1 Å². The summed E-state index contributed by atoms with van der Waals surface area (Å²) < 4.78 is 0. The van der Waals surface area contributed by atoms with Gasteiger partial charge in [0.25, 0.3) is 5.91 Å². The molecule has 1 aliphatic rings. The minimum Gasteiger partial charge on any atom is -0.309 e. The molecule has 0 aromatic heterocycles. The summed E-state index contributed by atoms with van der Waals surface area (Å²) >= 11 is 0. The van der Waals surface area contributed by atoms with Crippen LogP contribution in [0.5, 0.6) is 0 Å². The standard InChI is InChI=1S/C11H21N3O2/c1-10(2,3)12-14-8(15)7-13(9(14)16)11(4,5)6/h12H,7H2,1-6H3. The molecule has 1 N–H and O–H groups in total. The lowest BCUT2D eigenvalue weighted by Crippen LogP contribution is -2.53. The minimum atomic E-state index is -0.332. The Balaban J connectivity index is 2.84. The fraction of sp³-hybridized carbons (Fsp3) is 0.818. The van der Waals surface area contributed by atoms with Crippen LogP contribution in [0.3, 0.4) is 0 Å². The molecular weight excluding hydrogens is 206 g/mol. The number of hydrazine groups is 1. The van der Waals surface area contributed by atoms with Crippen molar-refractivity contribution in [3.05, 3.63) is 0 Å². The van der Waals surface area contributed by atoms with Crippen molar-refractivity contribution in [2.24, 2.45) is 0 Å². The lowest BCUT2D eigenvalue weighted by atomic mass is 10.1. The number of imide groups is 1. The Morgan fingerprint density at radius 3 is 1.88 bits per heavy atom. The molecule has 16 heavy (non-hydrogen) atoms. The number of carbonyl (C=O) groups excluding carboxylic acids is 2. The first kappa shape index (κ1) is 13.0. The van der Waals surface area contributed by atoms with Crippen molar-refractivity contribution in [1.29, 1.82) is 0 Å². The second-order valence-corrected chi connectivity index (χ2v) is 6.13. The largest absolute Gasteiger partial charge is 0.342 e. The van der Waals surface area contributed by atoms with Gasteiger partial charge in [0.1, 0.15) is 6.54 Å². The number of amides is 3. The highest BCUT2D eigenvalue weighted by Crippen LogP contribution is 2.21. The normalized spacial score (nSPS) is 18.6. The summed E-state index contributed by atoms with van der Waals surface area (Å²) in [6, 6.07) is -0.271.